The molecule has 5 heteroatoms. The van der Waals surface area contributed by atoms with Gasteiger partial charge in [0.15, 0.2) is 0 Å². The van der Waals surface area contributed by atoms with Gasteiger partial charge in [0.1, 0.15) is 0 Å². The summed E-state index contributed by atoms with van der Waals surface area (Å²) in [6.45, 7) is 5.08. The van der Waals surface area contributed by atoms with Crippen molar-refractivity contribution in [2.75, 3.05) is 6.54 Å². The Labute approximate surface area is 132 Å². The van der Waals surface area contributed by atoms with E-state index in [0.29, 0.717) is 24.4 Å². The summed E-state index contributed by atoms with van der Waals surface area (Å²) >= 11 is 0. The van der Waals surface area contributed by atoms with Crippen LogP contribution in [-0.2, 0) is 11.8 Å². The summed E-state index contributed by atoms with van der Waals surface area (Å²) in [5.41, 5.74) is 2.45. The molecule has 1 amide bonds. The highest BCUT2D eigenvalue weighted by Gasteiger charge is 2.44. The number of rotatable bonds is 5. The van der Waals surface area contributed by atoms with Crippen molar-refractivity contribution in [1.82, 2.24) is 20.0 Å². The molecule has 2 heterocycles. The van der Waals surface area contributed by atoms with Crippen LogP contribution in [0.4, 0.5) is 0 Å². The highest BCUT2D eigenvalue weighted by atomic mass is 16.2. The minimum absolute atomic E-state index is 0.104. The van der Waals surface area contributed by atoms with Gasteiger partial charge in [-0.05, 0) is 39.2 Å². The molecule has 1 N–H and O–H groups in total. The van der Waals surface area contributed by atoms with Crippen LogP contribution in [0.5, 0.6) is 0 Å². The molecule has 0 spiro atoms. The second-order valence-electron chi connectivity index (χ2n) is 6.69. The number of carbonyl (C=O) groups is 1. The first-order valence-electron chi connectivity index (χ1n) is 8.23. The lowest BCUT2D eigenvalue weighted by Gasteiger charge is -2.41. The molecule has 22 heavy (non-hydrogen) atoms. The third-order valence-electron chi connectivity index (χ3n) is 4.63. The lowest BCUT2D eigenvalue weighted by molar-refractivity contribution is -0.138. The minimum Gasteiger partial charge on any atom is -0.330 e. The number of hydrogen-bond donors (Lipinski definition) is 1. The fraction of sp³-hybridized carbons (Fsp3) is 0.647. The van der Waals surface area contributed by atoms with E-state index in [1.165, 1.54) is 5.57 Å². The van der Waals surface area contributed by atoms with Crippen molar-refractivity contribution >= 4 is 5.91 Å². The highest BCUT2D eigenvalue weighted by Crippen LogP contribution is 2.40. The number of allylic oxidation sites excluding steroid dienone is 1. The average molecular weight is 302 g/mol. The van der Waals surface area contributed by atoms with Crippen molar-refractivity contribution in [3.63, 3.8) is 0 Å². The summed E-state index contributed by atoms with van der Waals surface area (Å²) < 4.78 is 1.91. The maximum Gasteiger partial charge on any atom is 0.223 e. The number of nitrogens with zero attached hydrogens (tertiary/aromatic N) is 3. The van der Waals surface area contributed by atoms with Gasteiger partial charge in [0.25, 0.3) is 0 Å². The van der Waals surface area contributed by atoms with Crippen LogP contribution in [0.25, 0.3) is 0 Å². The molecule has 5 nitrogen and oxygen atoms in total. The van der Waals surface area contributed by atoms with Gasteiger partial charge in [0.05, 0.1) is 11.7 Å². The number of likely N-dealkylation sites (tertiary alicyclic amines) is 1. The number of hydrogen-bond acceptors (Lipinski definition) is 3. The quantitative estimate of drug-likeness (QED) is 0.848. The molecule has 0 radical (unpaired) electrons. The Morgan fingerprint density at radius 3 is 2.77 bits per heavy atom. The average Bonchev–Trinajstić information content (AvgIpc) is 3.21. The first-order chi connectivity index (χ1) is 10.6. The van der Waals surface area contributed by atoms with Crippen molar-refractivity contribution in [3.05, 3.63) is 29.6 Å². The van der Waals surface area contributed by atoms with E-state index in [0.717, 1.165) is 31.5 Å². The molecule has 1 aliphatic carbocycles. The van der Waals surface area contributed by atoms with Crippen LogP contribution in [-0.4, -0.2) is 39.2 Å². The molecule has 0 aromatic carbocycles. The monoisotopic (exact) mass is 302 g/mol. The Bertz CT molecular complexity index is 569. The molecular weight excluding hydrogens is 276 g/mol. The van der Waals surface area contributed by atoms with E-state index in [1.54, 1.807) is 0 Å². The molecule has 0 unspecified atom stereocenters. The zero-order valence-corrected chi connectivity index (χ0v) is 13.7. The predicted octanol–water partition coefficient (Wildman–Crippen LogP) is 2.17. The van der Waals surface area contributed by atoms with Gasteiger partial charge in [-0.25, -0.2) is 0 Å². The van der Waals surface area contributed by atoms with Gasteiger partial charge >= 0.3 is 0 Å². The van der Waals surface area contributed by atoms with E-state index >= 15 is 0 Å². The topological polar surface area (TPSA) is 50.2 Å². The zero-order valence-electron chi connectivity index (χ0n) is 13.7. The summed E-state index contributed by atoms with van der Waals surface area (Å²) in [7, 11) is 1.96. The Balaban J connectivity index is 1.85. The number of carbonyl (C=O) groups excluding carboxylic acids is 1. The molecule has 0 bridgehead atoms. The molecule has 1 aromatic heterocycles. The third kappa shape index (κ3) is 3.09. The Hall–Kier alpha value is -1.62. The van der Waals surface area contributed by atoms with Gasteiger partial charge in [-0.1, -0.05) is 11.6 Å². The van der Waals surface area contributed by atoms with Gasteiger partial charge in [0, 0.05) is 38.3 Å². The van der Waals surface area contributed by atoms with E-state index in [1.807, 2.05) is 24.0 Å². The number of aromatic nitrogens is 2. The Kier molecular flexibility index (Phi) is 4.34. The first-order valence-corrected chi connectivity index (χ1v) is 8.23. The fourth-order valence-corrected chi connectivity index (χ4v) is 3.35. The van der Waals surface area contributed by atoms with E-state index in [9.17, 15) is 4.79 Å². The van der Waals surface area contributed by atoms with Crippen molar-refractivity contribution in [2.45, 2.75) is 57.7 Å². The van der Waals surface area contributed by atoms with E-state index in [-0.39, 0.29) is 6.04 Å². The maximum absolute atomic E-state index is 12.5. The van der Waals surface area contributed by atoms with Crippen LogP contribution in [0, 0.1) is 0 Å². The van der Waals surface area contributed by atoms with Crippen molar-refractivity contribution in [3.8, 4) is 0 Å². The molecular formula is C17H26N4O. The van der Waals surface area contributed by atoms with E-state index < -0.39 is 0 Å². The van der Waals surface area contributed by atoms with Crippen LogP contribution in [0.1, 0.15) is 51.3 Å². The smallest absolute Gasteiger partial charge is 0.223 e. The number of amides is 1. The van der Waals surface area contributed by atoms with Crippen molar-refractivity contribution in [2.24, 2.45) is 7.05 Å². The van der Waals surface area contributed by atoms with Crippen LogP contribution in [0.2, 0.25) is 0 Å². The molecule has 120 valence electrons. The zero-order chi connectivity index (χ0) is 15.7. The maximum atomic E-state index is 12.5. The molecule has 2 aliphatic rings. The van der Waals surface area contributed by atoms with Crippen LogP contribution >= 0.6 is 0 Å². The summed E-state index contributed by atoms with van der Waals surface area (Å²) in [5, 5.41) is 7.95. The summed E-state index contributed by atoms with van der Waals surface area (Å²) in [6, 6.07) is 2.88. The van der Waals surface area contributed by atoms with Gasteiger partial charge < -0.3 is 10.2 Å². The lowest BCUT2D eigenvalue weighted by atomic mass is 9.92. The van der Waals surface area contributed by atoms with Gasteiger partial charge in [-0.3, -0.25) is 9.48 Å². The molecule has 2 fully saturated rings. The van der Waals surface area contributed by atoms with Crippen LogP contribution in [0.3, 0.4) is 0 Å². The van der Waals surface area contributed by atoms with Gasteiger partial charge in [-0.15, -0.1) is 0 Å². The molecule has 3 rings (SSSR count). The van der Waals surface area contributed by atoms with Crippen molar-refractivity contribution in [1.29, 1.82) is 0 Å². The molecule has 1 saturated heterocycles. The number of piperidine rings is 1. The second kappa shape index (κ2) is 6.24. The largest absolute Gasteiger partial charge is 0.330 e. The number of aryl methyl sites for hydroxylation is 1. The lowest BCUT2D eigenvalue weighted by Crippen LogP contribution is -2.52. The molecule has 2 atom stereocenters. The summed E-state index contributed by atoms with van der Waals surface area (Å²) in [4.78, 5) is 14.6. The Morgan fingerprint density at radius 1 is 1.41 bits per heavy atom. The predicted molar refractivity (Wildman–Crippen MR) is 86.3 cm³/mol. The molecule has 1 aliphatic heterocycles. The third-order valence-corrected chi connectivity index (χ3v) is 4.63. The molecule has 1 saturated carbocycles. The summed E-state index contributed by atoms with van der Waals surface area (Å²) in [6.07, 6.45) is 7.86. The fourth-order valence-electron chi connectivity index (χ4n) is 3.35. The van der Waals surface area contributed by atoms with Gasteiger partial charge in [-0.2, -0.15) is 5.10 Å². The van der Waals surface area contributed by atoms with E-state index in [4.69, 9.17) is 0 Å². The summed E-state index contributed by atoms with van der Waals surface area (Å²) in [5.74, 6) is 0.300. The number of nitrogens with one attached hydrogen (secondary N) is 1. The minimum atomic E-state index is 0.104. The first kappa shape index (κ1) is 15.3. The molecule has 1 aromatic rings. The normalized spacial score (nSPS) is 25.4. The second-order valence-corrected chi connectivity index (χ2v) is 6.69. The highest BCUT2D eigenvalue weighted by molar-refractivity contribution is 5.78. The van der Waals surface area contributed by atoms with Crippen molar-refractivity contribution < 1.29 is 4.79 Å². The Morgan fingerprint density at radius 2 is 2.18 bits per heavy atom. The van der Waals surface area contributed by atoms with Gasteiger partial charge in [0.2, 0.25) is 5.91 Å². The van der Waals surface area contributed by atoms with Crippen LogP contribution in [0.15, 0.2) is 23.9 Å². The standard InChI is InChI=1S/C17H26N4O/c1-12(2)8-10-18-14-6-7-16(22)21(13-4-5-13)17(14)15-9-11-19-20(15)3/h8-9,11,13-14,17-18H,4-7,10H2,1-3H3/t14-,17-/m1/s1. The van der Waals surface area contributed by atoms with E-state index in [2.05, 4.69) is 35.2 Å². The SMILES string of the molecule is CC(C)=CCN[C@@H]1CCC(=O)N(C2CC2)[C@H]1c1ccnn1C. The van der Waals surface area contributed by atoms with Crippen LogP contribution < -0.4 is 5.32 Å².